The lowest BCUT2D eigenvalue weighted by atomic mass is 10.0. The summed E-state index contributed by atoms with van der Waals surface area (Å²) < 4.78 is 0. The van der Waals surface area contributed by atoms with Crippen LogP contribution in [0.25, 0.3) is 0 Å². The number of nitrogens with zero attached hydrogens (tertiary/aromatic N) is 3. The van der Waals surface area contributed by atoms with E-state index in [1.807, 2.05) is 63.5 Å². The van der Waals surface area contributed by atoms with Crippen molar-refractivity contribution in [3.05, 3.63) is 59.7 Å². The van der Waals surface area contributed by atoms with Crippen molar-refractivity contribution in [1.82, 2.24) is 9.80 Å². The number of carbonyl (C=O) groups is 1. The quantitative estimate of drug-likeness (QED) is 0.918. The third-order valence-corrected chi connectivity index (χ3v) is 5.01. The van der Waals surface area contributed by atoms with Crippen molar-refractivity contribution in [2.75, 3.05) is 45.2 Å². The van der Waals surface area contributed by atoms with Crippen LogP contribution in [0, 0.1) is 6.92 Å². The van der Waals surface area contributed by atoms with Crippen LogP contribution in [0.3, 0.4) is 0 Å². The minimum Gasteiger partial charge on any atom is -0.508 e. The van der Waals surface area contributed by atoms with E-state index in [0.29, 0.717) is 5.75 Å². The van der Waals surface area contributed by atoms with Gasteiger partial charge in [-0.3, -0.25) is 9.69 Å². The third kappa shape index (κ3) is 3.83. The fourth-order valence-electron chi connectivity index (χ4n) is 3.46. The number of rotatable bonds is 4. The second kappa shape index (κ2) is 7.79. The van der Waals surface area contributed by atoms with Gasteiger partial charge in [-0.15, -0.1) is 0 Å². The van der Waals surface area contributed by atoms with Crippen molar-refractivity contribution >= 4 is 11.6 Å². The number of benzene rings is 2. The lowest BCUT2D eigenvalue weighted by Gasteiger charge is -2.40. The van der Waals surface area contributed by atoms with Crippen LogP contribution in [0.4, 0.5) is 5.69 Å². The van der Waals surface area contributed by atoms with Gasteiger partial charge in [0.15, 0.2) is 0 Å². The Kier molecular flexibility index (Phi) is 5.47. The van der Waals surface area contributed by atoms with Gasteiger partial charge in [-0.05, 0) is 36.2 Å². The molecule has 3 rings (SSSR count). The van der Waals surface area contributed by atoms with Gasteiger partial charge in [0.25, 0.3) is 0 Å². The normalized spacial score (nSPS) is 16.3. The number of piperazine rings is 1. The maximum absolute atomic E-state index is 12.8. The monoisotopic (exact) mass is 353 g/mol. The zero-order valence-electron chi connectivity index (χ0n) is 15.7. The Balaban J connectivity index is 1.75. The molecule has 138 valence electrons. The maximum Gasteiger partial charge on any atom is 0.244 e. The second-order valence-corrected chi connectivity index (χ2v) is 7.04. The predicted molar refractivity (Wildman–Crippen MR) is 105 cm³/mol. The SMILES string of the molecule is Cc1cc(N2CCN(C(C(=O)N(C)C)c3ccccc3)CC2)ccc1O. The Bertz CT molecular complexity index is 753. The Morgan fingerprint density at radius 1 is 1.04 bits per heavy atom. The molecule has 1 atom stereocenters. The first-order valence-corrected chi connectivity index (χ1v) is 9.02. The number of carbonyl (C=O) groups excluding carboxylic acids is 1. The van der Waals surface area contributed by atoms with Crippen molar-refractivity contribution < 1.29 is 9.90 Å². The Morgan fingerprint density at radius 3 is 2.27 bits per heavy atom. The molecule has 0 aromatic heterocycles. The summed E-state index contributed by atoms with van der Waals surface area (Å²) in [5.41, 5.74) is 3.05. The van der Waals surface area contributed by atoms with Gasteiger partial charge < -0.3 is 14.9 Å². The number of aryl methyl sites for hydroxylation is 1. The highest BCUT2D eigenvalue weighted by atomic mass is 16.3. The Morgan fingerprint density at radius 2 is 1.69 bits per heavy atom. The van der Waals surface area contributed by atoms with Crippen molar-refractivity contribution in [2.24, 2.45) is 0 Å². The first kappa shape index (κ1) is 18.3. The maximum atomic E-state index is 12.8. The van der Waals surface area contributed by atoms with Crippen LogP contribution in [0.15, 0.2) is 48.5 Å². The van der Waals surface area contributed by atoms with E-state index in [1.165, 1.54) is 0 Å². The molecule has 0 bridgehead atoms. The van der Waals surface area contributed by atoms with E-state index in [2.05, 4.69) is 9.80 Å². The fourth-order valence-corrected chi connectivity index (χ4v) is 3.46. The number of hydrogen-bond donors (Lipinski definition) is 1. The average Bonchev–Trinajstić information content (AvgIpc) is 2.65. The van der Waals surface area contributed by atoms with E-state index in [-0.39, 0.29) is 11.9 Å². The number of anilines is 1. The standard InChI is InChI=1S/C21H27N3O2/c1-16-15-18(9-10-19(16)25)23-11-13-24(14-12-23)20(21(26)22(2)3)17-7-5-4-6-8-17/h4-10,15,20,25H,11-14H2,1-3H3. The summed E-state index contributed by atoms with van der Waals surface area (Å²) in [7, 11) is 3.63. The molecule has 1 saturated heterocycles. The van der Waals surface area contributed by atoms with Crippen molar-refractivity contribution in [3.63, 3.8) is 0 Å². The molecule has 2 aromatic rings. The highest BCUT2D eigenvalue weighted by Crippen LogP contribution is 2.27. The van der Waals surface area contributed by atoms with E-state index >= 15 is 0 Å². The van der Waals surface area contributed by atoms with Gasteiger partial charge in [0.2, 0.25) is 5.91 Å². The minimum absolute atomic E-state index is 0.116. The molecule has 1 amide bonds. The summed E-state index contributed by atoms with van der Waals surface area (Å²) in [4.78, 5) is 19.1. The zero-order valence-corrected chi connectivity index (χ0v) is 15.7. The topological polar surface area (TPSA) is 47.0 Å². The van der Waals surface area contributed by atoms with Gasteiger partial charge in [0.05, 0.1) is 0 Å². The van der Waals surface area contributed by atoms with Crippen LogP contribution >= 0.6 is 0 Å². The van der Waals surface area contributed by atoms with E-state index in [1.54, 1.807) is 11.0 Å². The molecule has 5 heteroatoms. The fraction of sp³-hybridized carbons (Fsp3) is 0.381. The first-order chi connectivity index (χ1) is 12.5. The van der Waals surface area contributed by atoms with Gasteiger partial charge in [0, 0.05) is 46.0 Å². The first-order valence-electron chi connectivity index (χ1n) is 9.02. The summed E-state index contributed by atoms with van der Waals surface area (Å²) in [6, 6.07) is 15.5. The lowest BCUT2D eigenvalue weighted by molar-refractivity contribution is -0.134. The number of likely N-dealkylation sites (N-methyl/N-ethyl adjacent to an activating group) is 1. The number of amides is 1. The molecule has 1 unspecified atom stereocenters. The van der Waals surface area contributed by atoms with Crippen LogP contribution in [-0.2, 0) is 4.79 Å². The summed E-state index contributed by atoms with van der Waals surface area (Å²) in [6.45, 7) is 5.26. The highest BCUT2D eigenvalue weighted by Gasteiger charge is 2.31. The van der Waals surface area contributed by atoms with Crippen LogP contribution in [0.1, 0.15) is 17.2 Å². The van der Waals surface area contributed by atoms with E-state index in [0.717, 1.165) is 43.0 Å². The lowest BCUT2D eigenvalue weighted by Crippen LogP contribution is -2.51. The second-order valence-electron chi connectivity index (χ2n) is 7.04. The summed E-state index contributed by atoms with van der Waals surface area (Å²) in [5, 5.41) is 9.73. The van der Waals surface area contributed by atoms with Crippen molar-refractivity contribution in [1.29, 1.82) is 0 Å². The summed E-state index contributed by atoms with van der Waals surface area (Å²) in [5.74, 6) is 0.443. The van der Waals surface area contributed by atoms with E-state index in [9.17, 15) is 9.90 Å². The van der Waals surface area contributed by atoms with Gasteiger partial charge in [0.1, 0.15) is 11.8 Å². The molecule has 2 aromatic carbocycles. The van der Waals surface area contributed by atoms with Gasteiger partial charge in [-0.25, -0.2) is 0 Å². The number of phenolic OH excluding ortho intramolecular Hbond substituents is 1. The summed E-state index contributed by atoms with van der Waals surface area (Å²) >= 11 is 0. The zero-order chi connectivity index (χ0) is 18.7. The summed E-state index contributed by atoms with van der Waals surface area (Å²) in [6.07, 6.45) is 0. The smallest absolute Gasteiger partial charge is 0.244 e. The molecule has 0 saturated carbocycles. The predicted octanol–water partition coefficient (Wildman–Crippen LogP) is 2.65. The van der Waals surface area contributed by atoms with E-state index < -0.39 is 0 Å². The minimum atomic E-state index is -0.241. The van der Waals surface area contributed by atoms with Crippen molar-refractivity contribution in [3.8, 4) is 5.75 Å². The molecule has 0 aliphatic carbocycles. The Labute approximate surface area is 155 Å². The highest BCUT2D eigenvalue weighted by molar-refractivity contribution is 5.83. The number of hydrogen-bond acceptors (Lipinski definition) is 4. The van der Waals surface area contributed by atoms with Crippen LogP contribution < -0.4 is 4.90 Å². The molecule has 1 heterocycles. The van der Waals surface area contributed by atoms with Crippen LogP contribution in [-0.4, -0.2) is 61.1 Å². The molecule has 26 heavy (non-hydrogen) atoms. The molecular weight excluding hydrogens is 326 g/mol. The molecule has 5 nitrogen and oxygen atoms in total. The van der Waals surface area contributed by atoms with Crippen LogP contribution in [0.5, 0.6) is 5.75 Å². The van der Waals surface area contributed by atoms with E-state index in [4.69, 9.17) is 0 Å². The van der Waals surface area contributed by atoms with Crippen molar-refractivity contribution in [2.45, 2.75) is 13.0 Å². The molecule has 1 aliphatic heterocycles. The van der Waals surface area contributed by atoms with Crippen LogP contribution in [0.2, 0.25) is 0 Å². The molecular formula is C21H27N3O2. The molecule has 0 radical (unpaired) electrons. The van der Waals surface area contributed by atoms with Gasteiger partial charge in [-0.2, -0.15) is 0 Å². The number of phenols is 1. The Hall–Kier alpha value is -2.53. The number of aromatic hydroxyl groups is 1. The molecule has 0 spiro atoms. The van der Waals surface area contributed by atoms with Gasteiger partial charge in [-0.1, -0.05) is 30.3 Å². The molecule has 1 fully saturated rings. The third-order valence-electron chi connectivity index (χ3n) is 5.01. The average molecular weight is 353 g/mol. The largest absolute Gasteiger partial charge is 0.508 e. The molecule has 1 aliphatic rings. The van der Waals surface area contributed by atoms with Gasteiger partial charge >= 0.3 is 0 Å². The molecule has 1 N–H and O–H groups in total.